The van der Waals surface area contributed by atoms with E-state index in [2.05, 4.69) is 30.5 Å². The summed E-state index contributed by atoms with van der Waals surface area (Å²) in [6, 6.07) is 0. The van der Waals surface area contributed by atoms with Crippen LogP contribution in [-0.4, -0.2) is 22.5 Å². The highest BCUT2D eigenvalue weighted by Crippen LogP contribution is 2.35. The monoisotopic (exact) mass is 378 g/mol. The fourth-order valence-electron chi connectivity index (χ4n) is 3.03. The Kier molecular flexibility index (Phi) is 11.5. The zero-order valence-electron chi connectivity index (χ0n) is 17.0. The molecule has 5 heteroatoms. The smallest absolute Gasteiger partial charge is 0.329 e. The van der Waals surface area contributed by atoms with Gasteiger partial charge < -0.3 is 16.2 Å². The van der Waals surface area contributed by atoms with Crippen molar-refractivity contribution in [2.24, 2.45) is 5.73 Å². The summed E-state index contributed by atoms with van der Waals surface area (Å²) < 4.78 is 0. The Balaban J connectivity index is 1.92. The molecule has 1 rings (SSSR count). The molecule has 4 N–H and O–H groups in total. The first-order valence-corrected chi connectivity index (χ1v) is 10.6. The Morgan fingerprint density at radius 3 is 2.33 bits per heavy atom. The van der Waals surface area contributed by atoms with E-state index in [1.807, 2.05) is 0 Å². The Morgan fingerprint density at radius 1 is 1.00 bits per heavy atom. The molecule has 0 unspecified atom stereocenters. The van der Waals surface area contributed by atoms with Gasteiger partial charge in [0.2, 0.25) is 5.91 Å². The fourth-order valence-corrected chi connectivity index (χ4v) is 3.03. The molecule has 0 aromatic carbocycles. The van der Waals surface area contributed by atoms with Crippen molar-refractivity contribution in [2.45, 2.75) is 102 Å². The van der Waals surface area contributed by atoms with Crippen LogP contribution in [0.4, 0.5) is 0 Å². The van der Waals surface area contributed by atoms with E-state index in [1.165, 1.54) is 19.3 Å². The Hall–Kier alpha value is -1.78. The second kappa shape index (κ2) is 13.4. The molecule has 27 heavy (non-hydrogen) atoms. The van der Waals surface area contributed by atoms with Crippen molar-refractivity contribution in [1.29, 1.82) is 0 Å². The van der Waals surface area contributed by atoms with E-state index < -0.39 is 11.5 Å². The molecule has 1 fully saturated rings. The standard InChI is InChI=1S/C22H38N2O3/c1-2-3-4-11-14-19(23)15-12-9-7-5-6-8-10-13-16-20(25)24-22(17-18-22)21(26)27/h9,12,14H,2-8,10-11,13,15-18,23H2,1H3,(H,24,25)(H,26,27)/b12-9-,19-14+. The van der Waals surface area contributed by atoms with Crippen LogP contribution in [0.2, 0.25) is 0 Å². The van der Waals surface area contributed by atoms with Crippen molar-refractivity contribution in [2.75, 3.05) is 0 Å². The van der Waals surface area contributed by atoms with Gasteiger partial charge in [0.1, 0.15) is 5.54 Å². The Morgan fingerprint density at radius 2 is 1.67 bits per heavy atom. The molecule has 0 atom stereocenters. The molecule has 0 aromatic heterocycles. The highest BCUT2D eigenvalue weighted by Gasteiger charge is 2.51. The van der Waals surface area contributed by atoms with Gasteiger partial charge in [-0.05, 0) is 44.9 Å². The second-order valence-corrected chi connectivity index (χ2v) is 7.69. The number of unbranched alkanes of at least 4 members (excludes halogenated alkanes) is 8. The number of carboxylic acid groups (broad SMARTS) is 1. The summed E-state index contributed by atoms with van der Waals surface area (Å²) in [6.07, 6.45) is 20.1. The first kappa shape index (κ1) is 23.3. The average molecular weight is 379 g/mol. The van der Waals surface area contributed by atoms with E-state index >= 15 is 0 Å². The van der Waals surface area contributed by atoms with E-state index in [4.69, 9.17) is 10.8 Å². The highest BCUT2D eigenvalue weighted by molar-refractivity contribution is 5.89. The number of nitrogens with two attached hydrogens (primary N) is 1. The maximum Gasteiger partial charge on any atom is 0.329 e. The summed E-state index contributed by atoms with van der Waals surface area (Å²) in [7, 11) is 0. The molecule has 5 nitrogen and oxygen atoms in total. The lowest BCUT2D eigenvalue weighted by atomic mass is 10.1. The SMILES string of the molecule is CCCCC/C=C(/N)C/C=C\CCCCCCCC(=O)NC1(C(=O)O)CC1. The predicted octanol–water partition coefficient (Wildman–Crippen LogP) is 4.82. The maximum atomic E-state index is 11.8. The summed E-state index contributed by atoms with van der Waals surface area (Å²) in [5.74, 6) is -1.03. The molecule has 0 spiro atoms. The molecular formula is C22H38N2O3. The number of hydrogen-bond acceptors (Lipinski definition) is 3. The average Bonchev–Trinajstić information content (AvgIpc) is 3.41. The molecule has 0 aliphatic heterocycles. The lowest BCUT2D eigenvalue weighted by molar-refractivity contribution is -0.143. The predicted molar refractivity (Wildman–Crippen MR) is 110 cm³/mol. The van der Waals surface area contributed by atoms with Crippen molar-refractivity contribution in [1.82, 2.24) is 5.32 Å². The third-order valence-electron chi connectivity index (χ3n) is 5.05. The van der Waals surface area contributed by atoms with Gasteiger partial charge in [0, 0.05) is 18.5 Å². The Bertz CT molecular complexity index is 508. The van der Waals surface area contributed by atoms with E-state index in [9.17, 15) is 9.59 Å². The summed E-state index contributed by atoms with van der Waals surface area (Å²) in [5, 5.41) is 11.7. The quantitative estimate of drug-likeness (QED) is 0.265. The first-order valence-electron chi connectivity index (χ1n) is 10.6. The molecule has 0 heterocycles. The van der Waals surface area contributed by atoms with Crippen LogP contribution < -0.4 is 11.1 Å². The molecular weight excluding hydrogens is 340 g/mol. The molecule has 0 radical (unpaired) electrons. The zero-order chi connectivity index (χ0) is 20.0. The molecule has 0 bridgehead atoms. The van der Waals surface area contributed by atoms with Crippen molar-refractivity contribution >= 4 is 11.9 Å². The number of nitrogens with one attached hydrogen (secondary N) is 1. The van der Waals surface area contributed by atoms with Crippen LogP contribution >= 0.6 is 0 Å². The van der Waals surface area contributed by atoms with Crippen molar-refractivity contribution < 1.29 is 14.7 Å². The maximum absolute atomic E-state index is 11.8. The summed E-state index contributed by atoms with van der Waals surface area (Å²) >= 11 is 0. The minimum Gasteiger partial charge on any atom is -0.480 e. The normalized spacial score (nSPS) is 15.8. The number of hydrogen-bond donors (Lipinski definition) is 3. The molecule has 1 saturated carbocycles. The minimum atomic E-state index is -0.947. The van der Waals surface area contributed by atoms with Gasteiger partial charge in [0.25, 0.3) is 0 Å². The summed E-state index contributed by atoms with van der Waals surface area (Å²) in [4.78, 5) is 22.8. The fraction of sp³-hybridized carbons (Fsp3) is 0.727. The van der Waals surface area contributed by atoms with Gasteiger partial charge in [0.15, 0.2) is 0 Å². The van der Waals surface area contributed by atoms with Crippen molar-refractivity contribution in [3.8, 4) is 0 Å². The van der Waals surface area contributed by atoms with Gasteiger partial charge in [-0.25, -0.2) is 4.79 Å². The lowest BCUT2D eigenvalue weighted by Crippen LogP contribution is -2.42. The number of carbonyl (C=O) groups excluding carboxylic acids is 1. The first-order chi connectivity index (χ1) is 13.0. The summed E-state index contributed by atoms with van der Waals surface area (Å²) in [5.41, 5.74) is 6.00. The third kappa shape index (κ3) is 10.8. The van der Waals surface area contributed by atoms with Gasteiger partial charge in [-0.1, -0.05) is 57.3 Å². The van der Waals surface area contributed by atoms with Crippen LogP contribution in [0.1, 0.15) is 96.8 Å². The van der Waals surface area contributed by atoms with Crippen LogP contribution in [0.15, 0.2) is 23.9 Å². The molecule has 154 valence electrons. The van der Waals surface area contributed by atoms with E-state index in [-0.39, 0.29) is 5.91 Å². The van der Waals surface area contributed by atoms with Gasteiger partial charge in [-0.3, -0.25) is 4.79 Å². The van der Waals surface area contributed by atoms with Crippen molar-refractivity contribution in [3.63, 3.8) is 0 Å². The zero-order valence-corrected chi connectivity index (χ0v) is 17.0. The third-order valence-corrected chi connectivity index (χ3v) is 5.05. The van der Waals surface area contributed by atoms with Gasteiger partial charge in [-0.2, -0.15) is 0 Å². The summed E-state index contributed by atoms with van der Waals surface area (Å²) in [6.45, 7) is 2.21. The molecule has 0 saturated heterocycles. The molecule has 1 aliphatic carbocycles. The molecule has 1 aliphatic rings. The number of carboxylic acids is 1. The highest BCUT2D eigenvalue weighted by atomic mass is 16.4. The van der Waals surface area contributed by atoms with Crippen LogP contribution in [0.3, 0.4) is 0 Å². The largest absolute Gasteiger partial charge is 0.480 e. The number of allylic oxidation sites excluding steroid dienone is 3. The number of carbonyl (C=O) groups is 2. The van der Waals surface area contributed by atoms with Crippen LogP contribution in [0.25, 0.3) is 0 Å². The van der Waals surface area contributed by atoms with Gasteiger partial charge in [0.05, 0.1) is 0 Å². The van der Waals surface area contributed by atoms with Crippen LogP contribution in [0, 0.1) is 0 Å². The second-order valence-electron chi connectivity index (χ2n) is 7.69. The van der Waals surface area contributed by atoms with E-state index in [0.717, 1.165) is 57.1 Å². The van der Waals surface area contributed by atoms with Gasteiger partial charge in [-0.15, -0.1) is 0 Å². The lowest BCUT2D eigenvalue weighted by Gasteiger charge is -2.12. The molecule has 1 amide bonds. The number of amides is 1. The van der Waals surface area contributed by atoms with Gasteiger partial charge >= 0.3 is 5.97 Å². The molecule has 0 aromatic rings. The minimum absolute atomic E-state index is 0.127. The number of aliphatic carboxylic acids is 1. The topological polar surface area (TPSA) is 92.4 Å². The Labute approximate surface area is 164 Å². The van der Waals surface area contributed by atoms with Crippen molar-refractivity contribution in [3.05, 3.63) is 23.9 Å². The van der Waals surface area contributed by atoms with Crippen LogP contribution in [-0.2, 0) is 9.59 Å². The van der Waals surface area contributed by atoms with E-state index in [1.54, 1.807) is 0 Å². The number of rotatable bonds is 16. The van der Waals surface area contributed by atoms with Crippen LogP contribution in [0.5, 0.6) is 0 Å². The van der Waals surface area contributed by atoms with E-state index in [0.29, 0.717) is 19.3 Å².